The molecule has 2 aliphatic heterocycles. The Labute approximate surface area is 219 Å². The van der Waals surface area contributed by atoms with Crippen molar-refractivity contribution in [2.75, 3.05) is 19.6 Å². The van der Waals surface area contributed by atoms with Crippen molar-refractivity contribution >= 4 is 22.6 Å². The minimum absolute atomic E-state index is 0.0142. The minimum Gasteiger partial charge on any atom is -0.345 e. The normalized spacial score (nSPS) is 17.2. The van der Waals surface area contributed by atoms with Crippen LogP contribution in [0.25, 0.3) is 39.1 Å². The summed E-state index contributed by atoms with van der Waals surface area (Å²) in [5.74, 6) is -3.25. The molecule has 0 unspecified atom stereocenters. The molecule has 2 N–H and O–H groups in total. The van der Waals surface area contributed by atoms with E-state index in [0.717, 1.165) is 5.52 Å². The highest BCUT2D eigenvalue weighted by Gasteiger charge is 2.37. The van der Waals surface area contributed by atoms with E-state index >= 15 is 4.39 Å². The lowest BCUT2D eigenvalue weighted by atomic mass is 10.0. The first-order valence-electron chi connectivity index (χ1n) is 12.8. The fourth-order valence-corrected chi connectivity index (χ4v) is 5.81. The van der Waals surface area contributed by atoms with Crippen molar-refractivity contribution in [2.45, 2.75) is 31.9 Å². The number of pyridine rings is 1. The first kappa shape index (κ1) is 23.6. The second-order valence-electron chi connectivity index (χ2n) is 10.1. The van der Waals surface area contributed by atoms with Crippen molar-refractivity contribution in [3.63, 3.8) is 0 Å². The molecule has 2 amide bonds. The van der Waals surface area contributed by atoms with Crippen LogP contribution < -0.4 is 5.56 Å². The molecule has 0 atom stereocenters. The summed E-state index contributed by atoms with van der Waals surface area (Å²) < 4.78 is 46.1. The Morgan fingerprint density at radius 1 is 1.03 bits per heavy atom. The fourth-order valence-electron chi connectivity index (χ4n) is 5.81. The largest absolute Gasteiger partial charge is 0.345 e. The zero-order valence-corrected chi connectivity index (χ0v) is 20.8. The third-order valence-corrected chi connectivity index (χ3v) is 7.74. The standard InChI is InChI=1S/C27H24F3N7O2/c28-17-11-16-14-36(26(39)34-7-4-27(29,30)5-8-34)10-9-35-15-19(18(12-17)24(16)35)22-23(32-33-25(22)38)20-13-31-21-3-1-2-6-37(20)21/h1-3,6,11-13,15H,4-5,7-10,14H2,(H2,32,33,38). The van der Waals surface area contributed by atoms with E-state index in [1.165, 1.54) is 17.0 Å². The monoisotopic (exact) mass is 535 g/mol. The van der Waals surface area contributed by atoms with Gasteiger partial charge >= 0.3 is 6.03 Å². The van der Waals surface area contributed by atoms with Crippen molar-refractivity contribution in [1.29, 1.82) is 0 Å². The van der Waals surface area contributed by atoms with Gasteiger partial charge < -0.3 is 14.4 Å². The molecule has 0 bridgehead atoms. The molecule has 5 aromatic rings. The number of alkyl halides is 2. The molecule has 39 heavy (non-hydrogen) atoms. The maximum absolute atomic E-state index is 15.0. The highest BCUT2D eigenvalue weighted by Crippen LogP contribution is 2.38. The van der Waals surface area contributed by atoms with Crippen LogP contribution in [0.5, 0.6) is 0 Å². The number of hydrogen-bond donors (Lipinski definition) is 2. The summed E-state index contributed by atoms with van der Waals surface area (Å²) >= 11 is 0. The number of amides is 2. The van der Waals surface area contributed by atoms with Crippen LogP contribution in [0.2, 0.25) is 0 Å². The summed E-state index contributed by atoms with van der Waals surface area (Å²) in [6, 6.07) is 8.06. The van der Waals surface area contributed by atoms with E-state index in [9.17, 15) is 18.4 Å². The number of nitrogens with one attached hydrogen (secondary N) is 2. The Bertz CT molecular complexity index is 1810. The Balaban J connectivity index is 1.30. The van der Waals surface area contributed by atoms with E-state index in [0.29, 0.717) is 52.2 Å². The molecule has 0 spiro atoms. The highest BCUT2D eigenvalue weighted by atomic mass is 19.3. The number of aromatic nitrogens is 5. The molecule has 7 rings (SSSR count). The summed E-state index contributed by atoms with van der Waals surface area (Å²) in [4.78, 5) is 33.8. The lowest BCUT2D eigenvalue weighted by Gasteiger charge is -2.35. The third-order valence-electron chi connectivity index (χ3n) is 7.74. The topological polar surface area (TPSA) is 94.4 Å². The van der Waals surface area contributed by atoms with Crippen LogP contribution in [-0.2, 0) is 13.1 Å². The van der Waals surface area contributed by atoms with Gasteiger partial charge in [-0.3, -0.25) is 19.4 Å². The van der Waals surface area contributed by atoms with Gasteiger partial charge in [-0.15, -0.1) is 0 Å². The quantitative estimate of drug-likeness (QED) is 0.350. The van der Waals surface area contributed by atoms with E-state index in [1.807, 2.05) is 39.6 Å². The maximum atomic E-state index is 15.0. The molecule has 1 fully saturated rings. The van der Waals surface area contributed by atoms with E-state index in [-0.39, 0.29) is 44.1 Å². The Hall–Kier alpha value is -4.48. The van der Waals surface area contributed by atoms with E-state index < -0.39 is 11.7 Å². The predicted molar refractivity (Wildman–Crippen MR) is 138 cm³/mol. The molecule has 1 saturated heterocycles. The molecule has 2 aliphatic rings. The second-order valence-corrected chi connectivity index (χ2v) is 10.1. The maximum Gasteiger partial charge on any atom is 0.320 e. The molecule has 12 heteroatoms. The number of rotatable bonds is 2. The van der Waals surface area contributed by atoms with E-state index in [1.54, 1.807) is 11.1 Å². The van der Waals surface area contributed by atoms with E-state index in [2.05, 4.69) is 15.2 Å². The van der Waals surface area contributed by atoms with Gasteiger partial charge in [-0.25, -0.2) is 22.9 Å². The first-order chi connectivity index (χ1) is 18.8. The minimum atomic E-state index is -2.75. The second kappa shape index (κ2) is 8.52. The average molecular weight is 536 g/mol. The van der Waals surface area contributed by atoms with Crippen LogP contribution >= 0.6 is 0 Å². The number of benzene rings is 1. The number of hydrogen-bond acceptors (Lipinski definition) is 3. The number of urea groups is 1. The number of aromatic amines is 2. The molecule has 0 aliphatic carbocycles. The zero-order valence-electron chi connectivity index (χ0n) is 20.8. The number of carbonyl (C=O) groups excluding carboxylic acids is 1. The summed E-state index contributed by atoms with van der Waals surface area (Å²) in [7, 11) is 0. The van der Waals surface area contributed by atoms with Gasteiger partial charge in [0, 0.05) is 68.9 Å². The summed E-state index contributed by atoms with van der Waals surface area (Å²) in [5.41, 5.74) is 3.82. The number of piperidine rings is 1. The molecule has 1 aromatic carbocycles. The van der Waals surface area contributed by atoms with Crippen LogP contribution in [0.15, 0.2) is 53.7 Å². The lowest BCUT2D eigenvalue weighted by molar-refractivity contribution is -0.0493. The highest BCUT2D eigenvalue weighted by molar-refractivity contribution is 6.00. The Morgan fingerprint density at radius 3 is 2.67 bits per heavy atom. The molecule has 9 nitrogen and oxygen atoms in total. The lowest BCUT2D eigenvalue weighted by Crippen LogP contribution is -2.49. The summed E-state index contributed by atoms with van der Waals surface area (Å²) in [6.07, 6.45) is 4.61. The molecule has 4 aromatic heterocycles. The number of H-pyrrole nitrogens is 2. The van der Waals surface area contributed by atoms with Crippen LogP contribution in [-0.4, -0.2) is 65.5 Å². The van der Waals surface area contributed by atoms with E-state index in [4.69, 9.17) is 0 Å². The number of nitrogens with zero attached hydrogens (tertiary/aromatic N) is 5. The number of carbonyl (C=O) groups is 1. The van der Waals surface area contributed by atoms with Gasteiger partial charge in [0.2, 0.25) is 0 Å². The molecule has 200 valence electrons. The molecular formula is C27H24F3N7O2. The van der Waals surface area contributed by atoms with Gasteiger partial charge in [0.25, 0.3) is 11.5 Å². The van der Waals surface area contributed by atoms with Gasteiger partial charge in [0.05, 0.1) is 28.7 Å². The van der Waals surface area contributed by atoms with Gasteiger partial charge in [0.1, 0.15) is 11.5 Å². The summed E-state index contributed by atoms with van der Waals surface area (Å²) in [6.45, 7) is 0.819. The Morgan fingerprint density at radius 2 is 1.85 bits per heavy atom. The third kappa shape index (κ3) is 3.81. The van der Waals surface area contributed by atoms with Crippen LogP contribution in [0.3, 0.4) is 0 Å². The van der Waals surface area contributed by atoms with Crippen LogP contribution in [0, 0.1) is 5.82 Å². The number of fused-ring (bicyclic) bond motifs is 1. The average Bonchev–Trinajstić information content (AvgIpc) is 3.57. The number of likely N-dealkylation sites (tertiary alicyclic amines) is 1. The van der Waals surface area contributed by atoms with Gasteiger partial charge in [-0.05, 0) is 29.8 Å². The van der Waals surface area contributed by atoms with Crippen LogP contribution in [0.1, 0.15) is 18.4 Å². The summed E-state index contributed by atoms with van der Waals surface area (Å²) in [5, 5.41) is 6.19. The zero-order chi connectivity index (χ0) is 26.9. The van der Waals surface area contributed by atoms with Gasteiger partial charge in [0.15, 0.2) is 0 Å². The van der Waals surface area contributed by atoms with Crippen molar-refractivity contribution < 1.29 is 18.0 Å². The van der Waals surface area contributed by atoms with Gasteiger partial charge in [-0.1, -0.05) is 6.07 Å². The fraction of sp³-hybridized carbons (Fsp3) is 0.296. The van der Waals surface area contributed by atoms with Crippen molar-refractivity contribution in [1.82, 2.24) is 33.9 Å². The molecule has 6 heterocycles. The van der Waals surface area contributed by atoms with Crippen molar-refractivity contribution in [3.05, 3.63) is 70.7 Å². The number of halogens is 3. The van der Waals surface area contributed by atoms with Crippen molar-refractivity contribution in [2.24, 2.45) is 0 Å². The molecule has 0 saturated carbocycles. The SMILES string of the molecule is O=C(N1CCC(F)(F)CC1)N1CCn2cc(-c3c(-c4cnc5ccccn45)[nH][nH]c3=O)c3cc(F)cc(c32)C1. The smallest absolute Gasteiger partial charge is 0.320 e. The van der Waals surface area contributed by atoms with Crippen molar-refractivity contribution in [3.8, 4) is 22.5 Å². The number of imidazole rings is 1. The first-order valence-corrected chi connectivity index (χ1v) is 12.8. The van der Waals surface area contributed by atoms with Crippen LogP contribution in [0.4, 0.5) is 18.0 Å². The van der Waals surface area contributed by atoms with Gasteiger partial charge in [-0.2, -0.15) is 0 Å². The molecular weight excluding hydrogens is 511 g/mol. The Kier molecular flexibility index (Phi) is 5.16. The molecule has 0 radical (unpaired) electrons. The predicted octanol–water partition coefficient (Wildman–Crippen LogP) is 4.45.